The Kier molecular flexibility index (Phi) is 34.0. The maximum atomic E-state index is 12.3. The summed E-state index contributed by atoms with van der Waals surface area (Å²) >= 11 is 0. The molecular formula is C23H36FeO7Si+. The molecule has 0 aromatic carbocycles. The molecule has 0 aromatic heterocycles. The number of unbranched alkanes of at least 4 members (excludes halogenated alkanes) is 2. The molecule has 0 bridgehead atoms. The van der Waals surface area contributed by atoms with E-state index in [4.69, 9.17) is 23.1 Å². The Morgan fingerprint density at radius 2 is 1.56 bits per heavy atom. The minimum absolute atomic E-state index is 0. The molecule has 0 heterocycles. The van der Waals surface area contributed by atoms with Gasteiger partial charge in [-0.1, -0.05) is 47.0 Å². The molecule has 181 valence electrons. The summed E-state index contributed by atoms with van der Waals surface area (Å²) in [5.74, 6) is 0.0248. The van der Waals surface area contributed by atoms with Crippen molar-refractivity contribution in [3.63, 3.8) is 0 Å². The largest absolute Gasteiger partial charge is 2.00 e. The van der Waals surface area contributed by atoms with Crippen molar-refractivity contribution in [1.82, 2.24) is 0 Å². The topological polar surface area (TPSA) is 112 Å². The van der Waals surface area contributed by atoms with Gasteiger partial charge < -0.3 is 14.0 Å². The molecule has 0 N–H and O–H groups in total. The first-order valence-electron chi connectivity index (χ1n) is 9.85. The smallest absolute Gasteiger partial charge is 2.00 e. The third-order valence-corrected chi connectivity index (χ3v) is 4.74. The van der Waals surface area contributed by atoms with Crippen LogP contribution in [0.5, 0.6) is 0 Å². The predicted octanol–water partition coefficient (Wildman–Crippen LogP) is 4.74. The average molecular weight is 508 g/mol. The van der Waals surface area contributed by atoms with E-state index in [-0.39, 0.29) is 40.5 Å². The minimum Gasteiger partial charge on any atom is 2.00 e. The maximum absolute atomic E-state index is 12.3. The van der Waals surface area contributed by atoms with Gasteiger partial charge in [-0.2, -0.15) is 0 Å². The van der Waals surface area contributed by atoms with Crippen LogP contribution in [0.25, 0.3) is 0 Å². The fourth-order valence-electron chi connectivity index (χ4n) is 2.34. The van der Waals surface area contributed by atoms with Crippen LogP contribution in [-0.2, 0) is 49.8 Å². The Hall–Kier alpha value is -0.944. The number of Topliss-reactive ketones (excluding diaryl/α,β-unsaturated/α-hetero) is 1. The first-order chi connectivity index (χ1) is 14.5. The van der Waals surface area contributed by atoms with Crippen molar-refractivity contribution in [2.75, 3.05) is 0 Å². The monoisotopic (exact) mass is 508 g/mol. The molecule has 3 radical (unpaired) electrons. The van der Waals surface area contributed by atoms with Crippen molar-refractivity contribution >= 4 is 20.6 Å². The van der Waals surface area contributed by atoms with Gasteiger partial charge in [-0.15, -0.1) is 0 Å². The van der Waals surface area contributed by atoms with E-state index in [0.29, 0.717) is 6.42 Å². The second-order valence-electron chi connectivity index (χ2n) is 8.54. The molecule has 0 saturated carbocycles. The summed E-state index contributed by atoms with van der Waals surface area (Å²) in [6.45, 7) is 29.8. The Bertz CT molecular complexity index is 491. The molecule has 0 fully saturated rings. The number of hydrogen-bond donors (Lipinski definition) is 0. The van der Waals surface area contributed by atoms with Crippen molar-refractivity contribution in [2.45, 2.75) is 91.6 Å². The van der Waals surface area contributed by atoms with Crippen LogP contribution in [0.15, 0.2) is 0 Å². The maximum Gasteiger partial charge on any atom is 2.00 e. The molecule has 0 spiro atoms. The summed E-state index contributed by atoms with van der Waals surface area (Å²) in [5.41, 5.74) is -0.0915. The van der Waals surface area contributed by atoms with Crippen LogP contribution in [0, 0.1) is 44.6 Å². The summed E-state index contributed by atoms with van der Waals surface area (Å²) < 4.78 is 33.6. The van der Waals surface area contributed by atoms with E-state index in [2.05, 4.69) is 67.3 Å². The summed E-state index contributed by atoms with van der Waals surface area (Å²) in [5, 5.41) is 0. The van der Waals surface area contributed by atoms with Gasteiger partial charge in [0.05, 0.1) is 12.2 Å². The van der Waals surface area contributed by atoms with E-state index < -0.39 is 8.32 Å². The third kappa shape index (κ3) is 29.1. The van der Waals surface area contributed by atoms with Crippen molar-refractivity contribution in [3.05, 3.63) is 39.2 Å². The molecule has 0 rings (SSSR count). The predicted molar refractivity (Wildman–Crippen MR) is 117 cm³/mol. The first kappa shape index (κ1) is 41.3. The van der Waals surface area contributed by atoms with E-state index in [0.717, 1.165) is 25.7 Å². The molecule has 0 amide bonds. The van der Waals surface area contributed by atoms with Crippen molar-refractivity contribution < 1.29 is 49.8 Å². The molecule has 0 aromatic rings. The third-order valence-electron chi connectivity index (χ3n) is 3.75. The van der Waals surface area contributed by atoms with Crippen molar-refractivity contribution in [2.24, 2.45) is 5.41 Å². The number of ketones is 1. The van der Waals surface area contributed by atoms with Crippen LogP contribution < -0.4 is 0 Å². The zero-order valence-electron chi connectivity index (χ0n) is 20.1. The van der Waals surface area contributed by atoms with E-state index in [1.54, 1.807) is 19.3 Å². The molecule has 0 saturated heterocycles. The minimum atomic E-state index is -1.72. The Balaban J connectivity index is -0.000000318. The summed E-state index contributed by atoms with van der Waals surface area (Å²) in [4.78, 5) is 22.8. The molecule has 7 nitrogen and oxygen atoms in total. The molecule has 2 atom stereocenters. The standard InChI is InChI=1S/C20H36O4Si.3CO.Fe/c1-8-9-10-13-18(23-16-21)14-11-12-17(22)15-19(20(2,3)4)24-25(5,6)7;3*1-2;/h11-12,14,18-19H,8-10,13,15H2,1-7H3;;;;/q-1;;;;+2/t18-,19-;;;;/m1..../s1. The molecule has 32 heavy (non-hydrogen) atoms. The van der Waals surface area contributed by atoms with Gasteiger partial charge in [-0.05, 0) is 44.3 Å². The second-order valence-corrected chi connectivity index (χ2v) is 13.0. The Morgan fingerprint density at radius 1 is 1.06 bits per heavy atom. The van der Waals surface area contributed by atoms with Gasteiger partial charge >= 0.3 is 51.0 Å². The van der Waals surface area contributed by atoms with Gasteiger partial charge in [0.2, 0.25) is 0 Å². The number of carbonyl (C=O) groups excluding carboxylic acids is 2. The summed E-state index contributed by atoms with van der Waals surface area (Å²) in [6.07, 6.45) is 8.87. The molecule has 0 aliphatic carbocycles. The van der Waals surface area contributed by atoms with Crippen LogP contribution in [0.2, 0.25) is 19.6 Å². The van der Waals surface area contributed by atoms with Gasteiger partial charge in [0.15, 0.2) is 8.32 Å². The molecular weight excluding hydrogens is 472 g/mol. The van der Waals surface area contributed by atoms with E-state index >= 15 is 0 Å². The van der Waals surface area contributed by atoms with Gasteiger partial charge in [0, 0.05) is 19.3 Å². The number of rotatable bonds is 14. The molecule has 0 unspecified atom stereocenters. The van der Waals surface area contributed by atoms with Gasteiger partial charge in [-0.3, -0.25) is 4.79 Å². The normalized spacial score (nSPS) is 11.8. The quantitative estimate of drug-likeness (QED) is 0.146. The molecule has 9 heteroatoms. The van der Waals surface area contributed by atoms with Gasteiger partial charge in [-0.25, -0.2) is 0 Å². The van der Waals surface area contributed by atoms with Crippen LogP contribution in [0.3, 0.4) is 0 Å². The number of carbonyl (C=O) groups is 1. The average Bonchev–Trinajstić information content (AvgIpc) is 2.70. The molecule has 0 aliphatic rings. The Labute approximate surface area is 206 Å². The molecule has 0 aliphatic heterocycles. The Morgan fingerprint density at radius 3 is 1.94 bits per heavy atom. The zero-order chi connectivity index (χ0) is 25.5. The van der Waals surface area contributed by atoms with Crippen LogP contribution >= 0.6 is 0 Å². The fourth-order valence-corrected chi connectivity index (χ4v) is 3.63. The van der Waals surface area contributed by atoms with Crippen LogP contribution in [0.4, 0.5) is 0 Å². The van der Waals surface area contributed by atoms with Crippen molar-refractivity contribution in [3.8, 4) is 0 Å². The summed E-state index contributed by atoms with van der Waals surface area (Å²) in [7, 11) is -1.72. The summed E-state index contributed by atoms with van der Waals surface area (Å²) in [6, 6.07) is 0. The number of hydrogen-bond acceptors (Lipinski definition) is 4. The number of ether oxygens (including phenoxy) is 1. The van der Waals surface area contributed by atoms with E-state index in [1.165, 1.54) is 6.47 Å². The van der Waals surface area contributed by atoms with Gasteiger partial charge in [0.1, 0.15) is 5.78 Å². The van der Waals surface area contributed by atoms with Gasteiger partial charge in [0.25, 0.3) is 0 Å². The second kappa shape index (κ2) is 26.3. The van der Waals surface area contributed by atoms with Crippen LogP contribution in [0.1, 0.15) is 59.8 Å². The fraction of sp³-hybridized carbons (Fsp3) is 0.652. The van der Waals surface area contributed by atoms with E-state index in [9.17, 15) is 9.59 Å². The SMILES string of the molecule is CCCCC[C@H]([CH][CH][CH]C(=O)C[C@@H](O[Si](C)(C)C)C(C)(C)C)O[C-]=O.[C-]#[O+].[C-]#[O+].[C-]#[O+].[Fe+2]. The zero-order valence-corrected chi connectivity index (χ0v) is 22.2. The van der Waals surface area contributed by atoms with E-state index in [1.807, 2.05) is 0 Å². The van der Waals surface area contributed by atoms with Crippen LogP contribution in [-0.4, -0.2) is 32.8 Å². The first-order valence-corrected chi connectivity index (χ1v) is 13.3. The van der Waals surface area contributed by atoms with Crippen molar-refractivity contribution in [1.29, 1.82) is 0 Å².